The van der Waals surface area contributed by atoms with Crippen molar-refractivity contribution >= 4 is 5.78 Å². The largest absolute Gasteiger partial charge is 0.299 e. The fraction of sp³-hybridized carbons (Fsp3) is 0.294. The molecule has 44 heavy (non-hydrogen) atoms. The smallest absolute Gasteiger partial charge is 0.253 e. The van der Waals surface area contributed by atoms with Gasteiger partial charge in [-0.25, -0.2) is 23.9 Å². The minimum Gasteiger partial charge on any atom is -0.299 e. The molecule has 2 fully saturated rings. The average Bonchev–Trinajstić information content (AvgIpc) is 3.62. The number of piperidine rings is 1. The lowest BCUT2D eigenvalue weighted by Crippen LogP contribution is -2.32. The number of hydrogen-bond donors (Lipinski definition) is 1. The lowest BCUT2D eigenvalue weighted by molar-refractivity contribution is 0.202. The lowest BCUT2D eigenvalue weighted by Gasteiger charge is -2.30. The molecule has 1 N–H and O–H groups in total. The molecule has 0 unspecified atom stereocenters. The van der Waals surface area contributed by atoms with Crippen LogP contribution in [0.25, 0.3) is 39.7 Å². The normalized spacial score (nSPS) is 16.1. The molecular weight excluding hydrogens is 553 g/mol. The van der Waals surface area contributed by atoms with Crippen molar-refractivity contribution in [2.24, 2.45) is 0 Å². The first-order valence-electron chi connectivity index (χ1n) is 15.3. The van der Waals surface area contributed by atoms with Crippen LogP contribution in [0.5, 0.6) is 0 Å². The molecule has 0 radical (unpaired) electrons. The number of aryl methyl sites for hydroxylation is 1. The first-order chi connectivity index (χ1) is 21.6. The third-order valence-corrected chi connectivity index (χ3v) is 8.67. The number of benzene rings is 2. The van der Waals surface area contributed by atoms with Crippen LogP contribution in [0.2, 0.25) is 0 Å². The molecule has 0 spiro atoms. The van der Waals surface area contributed by atoms with Crippen molar-refractivity contribution in [1.29, 1.82) is 0 Å². The summed E-state index contributed by atoms with van der Waals surface area (Å²) in [6, 6.07) is 21.1. The molecule has 5 heterocycles. The lowest BCUT2D eigenvalue weighted by atomic mass is 9.95. The van der Waals surface area contributed by atoms with Crippen LogP contribution in [-0.4, -0.2) is 57.7 Å². The number of hydrogen-bond acceptors (Lipinski definition) is 7. The number of rotatable bonds is 7. The van der Waals surface area contributed by atoms with E-state index in [0.717, 1.165) is 96.6 Å². The summed E-state index contributed by atoms with van der Waals surface area (Å²) in [5.74, 6) is 3.56. The fourth-order valence-corrected chi connectivity index (χ4v) is 6.04. The van der Waals surface area contributed by atoms with E-state index in [9.17, 15) is 4.39 Å². The predicted molar refractivity (Wildman–Crippen MR) is 165 cm³/mol. The molecule has 0 atom stereocenters. The molecule has 0 bridgehead atoms. The van der Waals surface area contributed by atoms with E-state index in [2.05, 4.69) is 49.4 Å². The molecule has 220 valence electrons. The average molecular weight is 586 g/mol. The van der Waals surface area contributed by atoms with Gasteiger partial charge in [-0.3, -0.25) is 10.00 Å². The summed E-state index contributed by atoms with van der Waals surface area (Å²) in [6.45, 7) is 4.84. The number of likely N-dealkylation sites (tertiary alicyclic amines) is 1. The van der Waals surface area contributed by atoms with Gasteiger partial charge in [0.15, 0.2) is 17.5 Å². The highest BCUT2D eigenvalue weighted by Gasteiger charge is 2.29. The van der Waals surface area contributed by atoms with Crippen LogP contribution in [0.15, 0.2) is 72.9 Å². The Kier molecular flexibility index (Phi) is 6.71. The van der Waals surface area contributed by atoms with E-state index in [-0.39, 0.29) is 5.82 Å². The molecule has 10 heteroatoms. The molecule has 9 nitrogen and oxygen atoms in total. The highest BCUT2D eigenvalue weighted by molar-refractivity contribution is 5.81. The Morgan fingerprint density at radius 2 is 1.55 bits per heavy atom. The zero-order chi connectivity index (χ0) is 29.6. The van der Waals surface area contributed by atoms with E-state index in [1.54, 1.807) is 16.6 Å². The molecule has 1 aliphatic heterocycles. The number of aromatic amines is 1. The monoisotopic (exact) mass is 585 g/mol. The van der Waals surface area contributed by atoms with Gasteiger partial charge >= 0.3 is 0 Å². The standard InChI is InChI=1S/C34H32FN9/c1-21-3-2-4-29(36-21)33-38-31(40-41-33)26-15-17-43(18-16-26)19-22-5-7-24(8-6-22)30-28(23-11-13-27(35)14-12-23)20-44-34(37-30)39-32(42-44)25-9-10-25/h2-8,11-14,20,25-26H,9-10,15-19H2,1H3,(H,38,40,41). The van der Waals surface area contributed by atoms with Crippen molar-refractivity contribution in [2.45, 2.75) is 51.0 Å². The van der Waals surface area contributed by atoms with Crippen LogP contribution in [0.3, 0.4) is 0 Å². The molecule has 1 saturated heterocycles. The summed E-state index contributed by atoms with van der Waals surface area (Å²) in [6.07, 6.45) is 6.25. The Morgan fingerprint density at radius 1 is 0.795 bits per heavy atom. The van der Waals surface area contributed by atoms with Gasteiger partial charge in [-0.2, -0.15) is 10.1 Å². The molecular formula is C34H32FN9. The van der Waals surface area contributed by atoms with Gasteiger partial charge in [-0.05, 0) is 81.1 Å². The van der Waals surface area contributed by atoms with Crippen molar-refractivity contribution in [3.05, 3.63) is 102 Å². The number of nitrogens with zero attached hydrogens (tertiary/aromatic N) is 8. The second-order valence-electron chi connectivity index (χ2n) is 12.0. The van der Waals surface area contributed by atoms with Crippen molar-refractivity contribution in [2.75, 3.05) is 13.1 Å². The first kappa shape index (κ1) is 26.8. The summed E-state index contributed by atoms with van der Waals surface area (Å²) in [5, 5.41) is 12.3. The number of aromatic nitrogens is 8. The van der Waals surface area contributed by atoms with Gasteiger partial charge in [-0.15, -0.1) is 5.10 Å². The zero-order valence-corrected chi connectivity index (χ0v) is 24.5. The first-order valence-corrected chi connectivity index (χ1v) is 15.3. The second-order valence-corrected chi connectivity index (χ2v) is 12.0. The van der Waals surface area contributed by atoms with Crippen LogP contribution in [0.1, 0.15) is 60.4 Å². The van der Waals surface area contributed by atoms with Crippen LogP contribution in [0.4, 0.5) is 4.39 Å². The molecule has 4 aromatic heterocycles. The topological polar surface area (TPSA) is 101 Å². The molecule has 8 rings (SSSR count). The summed E-state index contributed by atoms with van der Waals surface area (Å²) in [7, 11) is 0. The van der Waals surface area contributed by atoms with Gasteiger partial charge in [0.05, 0.1) is 5.69 Å². The van der Waals surface area contributed by atoms with Gasteiger partial charge in [0.1, 0.15) is 11.5 Å². The number of nitrogens with one attached hydrogen (secondary N) is 1. The van der Waals surface area contributed by atoms with Crippen molar-refractivity contribution in [1.82, 2.24) is 44.6 Å². The quantitative estimate of drug-likeness (QED) is 0.233. The van der Waals surface area contributed by atoms with Crippen LogP contribution >= 0.6 is 0 Å². The van der Waals surface area contributed by atoms with Gasteiger partial charge < -0.3 is 0 Å². The number of fused-ring (bicyclic) bond motifs is 1. The third-order valence-electron chi connectivity index (χ3n) is 8.67. The SMILES string of the molecule is Cc1cccc(-c2nc(C3CCN(Cc4ccc(-c5nc6nc(C7CC7)nn6cc5-c5ccc(F)cc5)cc4)CC3)n[nH]2)n1. The van der Waals surface area contributed by atoms with Gasteiger partial charge in [0, 0.05) is 41.4 Å². The molecule has 2 aliphatic rings. The summed E-state index contributed by atoms with van der Waals surface area (Å²) >= 11 is 0. The maximum atomic E-state index is 13.7. The molecule has 1 saturated carbocycles. The number of H-pyrrole nitrogens is 1. The molecule has 0 amide bonds. The Morgan fingerprint density at radius 3 is 2.30 bits per heavy atom. The van der Waals surface area contributed by atoms with E-state index in [4.69, 9.17) is 15.0 Å². The van der Waals surface area contributed by atoms with E-state index in [1.807, 2.05) is 31.3 Å². The fourth-order valence-electron chi connectivity index (χ4n) is 6.04. The molecule has 6 aromatic rings. The van der Waals surface area contributed by atoms with Crippen molar-refractivity contribution in [3.8, 4) is 33.9 Å². The van der Waals surface area contributed by atoms with E-state index >= 15 is 0 Å². The molecule has 2 aromatic carbocycles. The van der Waals surface area contributed by atoms with E-state index < -0.39 is 0 Å². The maximum absolute atomic E-state index is 13.7. The van der Waals surface area contributed by atoms with Crippen LogP contribution < -0.4 is 0 Å². The highest BCUT2D eigenvalue weighted by Crippen LogP contribution is 2.39. The van der Waals surface area contributed by atoms with Crippen LogP contribution in [-0.2, 0) is 6.54 Å². The Hall–Kier alpha value is -4.83. The summed E-state index contributed by atoms with van der Waals surface area (Å²) in [4.78, 5) is 21.5. The molecule has 1 aliphatic carbocycles. The minimum absolute atomic E-state index is 0.264. The van der Waals surface area contributed by atoms with Gasteiger partial charge in [0.2, 0.25) is 0 Å². The van der Waals surface area contributed by atoms with Crippen molar-refractivity contribution in [3.63, 3.8) is 0 Å². The zero-order valence-electron chi connectivity index (χ0n) is 24.5. The maximum Gasteiger partial charge on any atom is 0.253 e. The predicted octanol–water partition coefficient (Wildman–Crippen LogP) is 6.34. The Balaban J connectivity index is 0.975. The van der Waals surface area contributed by atoms with Gasteiger partial charge in [-0.1, -0.05) is 42.5 Å². The van der Waals surface area contributed by atoms with Gasteiger partial charge in [0.25, 0.3) is 5.78 Å². The minimum atomic E-state index is -0.264. The van der Waals surface area contributed by atoms with Crippen molar-refractivity contribution < 1.29 is 4.39 Å². The third kappa shape index (κ3) is 5.37. The Labute approximate surface area is 254 Å². The Bertz CT molecular complexity index is 1930. The summed E-state index contributed by atoms with van der Waals surface area (Å²) < 4.78 is 15.5. The van der Waals surface area contributed by atoms with E-state index in [1.165, 1.54) is 17.7 Å². The van der Waals surface area contributed by atoms with Crippen LogP contribution in [0, 0.1) is 12.7 Å². The second kappa shape index (κ2) is 11.0. The highest BCUT2D eigenvalue weighted by atomic mass is 19.1. The van der Waals surface area contributed by atoms with E-state index in [0.29, 0.717) is 17.6 Å². The number of halogens is 1. The number of pyridine rings is 1. The summed E-state index contributed by atoms with van der Waals surface area (Å²) in [5.41, 5.74) is 6.64.